The van der Waals surface area contributed by atoms with Crippen molar-refractivity contribution in [1.29, 1.82) is 0 Å². The Kier molecular flexibility index (Phi) is 4.97. The zero-order valence-corrected chi connectivity index (χ0v) is 12.4. The van der Waals surface area contributed by atoms with Gasteiger partial charge in [-0.3, -0.25) is 9.36 Å². The summed E-state index contributed by atoms with van der Waals surface area (Å²) in [4.78, 5) is 38.1. The fourth-order valence-corrected chi connectivity index (χ4v) is 2.74. The second-order valence-electron chi connectivity index (χ2n) is 4.19. The fraction of sp³-hybridized carbons (Fsp3) is 0.500. The largest absolute Gasteiger partial charge is 0.463 e. The van der Waals surface area contributed by atoms with Crippen molar-refractivity contribution in [3.05, 3.63) is 22.7 Å². The average molecular weight is 313 g/mol. The van der Waals surface area contributed by atoms with Crippen molar-refractivity contribution in [3.63, 3.8) is 0 Å². The molecule has 8 nitrogen and oxygen atoms in total. The van der Waals surface area contributed by atoms with Crippen LogP contribution in [0, 0.1) is 0 Å². The molecule has 0 spiro atoms. The van der Waals surface area contributed by atoms with Crippen LogP contribution in [0.1, 0.15) is 20.1 Å². The summed E-state index contributed by atoms with van der Waals surface area (Å²) < 4.78 is 11.6. The van der Waals surface area contributed by atoms with Crippen molar-refractivity contribution in [2.75, 3.05) is 17.7 Å². The van der Waals surface area contributed by atoms with Crippen molar-refractivity contribution >= 4 is 29.5 Å². The third kappa shape index (κ3) is 3.82. The maximum Gasteiger partial charge on any atom is 0.351 e. The minimum absolute atomic E-state index is 0.177. The SMILES string of the molecule is CCOC(=O)[C@@H]1O[C@H](n2ccc(NC(C)=O)nc2=O)CS1. The lowest BCUT2D eigenvalue weighted by Gasteiger charge is -2.14. The maximum absolute atomic E-state index is 11.9. The van der Waals surface area contributed by atoms with E-state index in [2.05, 4.69) is 10.3 Å². The molecule has 0 aromatic carbocycles. The summed E-state index contributed by atoms with van der Waals surface area (Å²) in [5, 5.41) is 2.42. The van der Waals surface area contributed by atoms with Crippen molar-refractivity contribution in [3.8, 4) is 0 Å². The van der Waals surface area contributed by atoms with Gasteiger partial charge in [0.1, 0.15) is 12.0 Å². The third-order valence-corrected chi connectivity index (χ3v) is 3.68. The molecule has 0 aliphatic carbocycles. The van der Waals surface area contributed by atoms with E-state index in [1.807, 2.05) is 0 Å². The molecule has 2 atom stereocenters. The van der Waals surface area contributed by atoms with Crippen molar-refractivity contribution in [2.45, 2.75) is 25.5 Å². The van der Waals surface area contributed by atoms with E-state index in [9.17, 15) is 14.4 Å². The molecule has 114 valence electrons. The number of nitrogens with zero attached hydrogens (tertiary/aromatic N) is 2. The minimum atomic E-state index is -0.739. The Morgan fingerprint density at radius 2 is 2.38 bits per heavy atom. The number of anilines is 1. The first-order valence-electron chi connectivity index (χ1n) is 6.31. The lowest BCUT2D eigenvalue weighted by Crippen LogP contribution is -2.30. The average Bonchev–Trinajstić information content (AvgIpc) is 2.88. The van der Waals surface area contributed by atoms with E-state index in [1.54, 1.807) is 6.92 Å². The molecule has 2 rings (SSSR count). The van der Waals surface area contributed by atoms with Crippen LogP contribution < -0.4 is 11.0 Å². The van der Waals surface area contributed by atoms with Crippen LogP contribution in [0.4, 0.5) is 5.82 Å². The van der Waals surface area contributed by atoms with Crippen molar-refractivity contribution in [2.24, 2.45) is 0 Å². The fourth-order valence-electron chi connectivity index (χ4n) is 1.75. The maximum atomic E-state index is 11.9. The number of rotatable bonds is 4. The van der Waals surface area contributed by atoms with Crippen LogP contribution in [0.2, 0.25) is 0 Å². The highest BCUT2D eigenvalue weighted by Crippen LogP contribution is 2.31. The van der Waals surface area contributed by atoms with Crippen LogP contribution in [-0.4, -0.2) is 39.2 Å². The zero-order chi connectivity index (χ0) is 15.4. The lowest BCUT2D eigenvalue weighted by atomic mass is 10.5. The highest BCUT2D eigenvalue weighted by Gasteiger charge is 2.34. The second kappa shape index (κ2) is 6.72. The van der Waals surface area contributed by atoms with Gasteiger partial charge in [0.05, 0.1) is 6.61 Å². The predicted molar refractivity (Wildman–Crippen MR) is 75.8 cm³/mol. The first kappa shape index (κ1) is 15.5. The molecule has 0 unspecified atom stereocenters. The number of carbonyl (C=O) groups excluding carboxylic acids is 2. The summed E-state index contributed by atoms with van der Waals surface area (Å²) in [5.74, 6) is -0.156. The highest BCUT2D eigenvalue weighted by atomic mass is 32.2. The van der Waals surface area contributed by atoms with E-state index in [0.717, 1.165) is 0 Å². The molecule has 1 aromatic rings. The van der Waals surface area contributed by atoms with Gasteiger partial charge in [-0.2, -0.15) is 4.98 Å². The molecule has 21 heavy (non-hydrogen) atoms. The topological polar surface area (TPSA) is 99.5 Å². The van der Waals surface area contributed by atoms with Crippen LogP contribution in [0.15, 0.2) is 17.1 Å². The van der Waals surface area contributed by atoms with Gasteiger partial charge in [-0.25, -0.2) is 9.59 Å². The Balaban J connectivity index is 2.08. The van der Waals surface area contributed by atoms with Gasteiger partial charge in [-0.1, -0.05) is 0 Å². The van der Waals surface area contributed by atoms with Crippen LogP contribution in [0.5, 0.6) is 0 Å². The Labute approximate surface area is 124 Å². The number of aromatic nitrogens is 2. The van der Waals surface area contributed by atoms with E-state index >= 15 is 0 Å². The lowest BCUT2D eigenvalue weighted by molar-refractivity contribution is -0.153. The number of carbonyl (C=O) groups is 2. The Hall–Kier alpha value is -1.87. The van der Waals surface area contributed by atoms with Gasteiger partial charge in [0.2, 0.25) is 11.3 Å². The Bertz CT molecular complexity index is 603. The Morgan fingerprint density at radius 3 is 3.00 bits per heavy atom. The highest BCUT2D eigenvalue weighted by molar-refractivity contribution is 8.00. The number of hydrogen-bond donors (Lipinski definition) is 1. The molecule has 1 N–H and O–H groups in total. The molecule has 1 amide bonds. The molecular formula is C12H15N3O5S. The molecular weight excluding hydrogens is 298 g/mol. The summed E-state index contributed by atoms with van der Waals surface area (Å²) in [6.45, 7) is 3.31. The summed E-state index contributed by atoms with van der Waals surface area (Å²) in [6, 6.07) is 1.49. The summed E-state index contributed by atoms with van der Waals surface area (Å²) in [7, 11) is 0. The number of ether oxygens (including phenoxy) is 2. The normalized spacial score (nSPS) is 21.0. The van der Waals surface area contributed by atoms with Crippen LogP contribution in [-0.2, 0) is 19.1 Å². The van der Waals surface area contributed by atoms with E-state index < -0.39 is 23.3 Å². The number of nitrogens with one attached hydrogen (secondary N) is 1. The van der Waals surface area contributed by atoms with E-state index in [0.29, 0.717) is 5.75 Å². The molecule has 1 aromatic heterocycles. The van der Waals surface area contributed by atoms with Gasteiger partial charge < -0.3 is 14.8 Å². The molecule has 9 heteroatoms. The minimum Gasteiger partial charge on any atom is -0.463 e. The van der Waals surface area contributed by atoms with Gasteiger partial charge in [-0.05, 0) is 13.0 Å². The van der Waals surface area contributed by atoms with Gasteiger partial charge in [0.25, 0.3) is 0 Å². The molecule has 1 fully saturated rings. The molecule has 1 saturated heterocycles. The van der Waals surface area contributed by atoms with Crippen molar-refractivity contribution in [1.82, 2.24) is 9.55 Å². The predicted octanol–water partition coefficient (Wildman–Crippen LogP) is 0.353. The number of amides is 1. The van der Waals surface area contributed by atoms with Crippen molar-refractivity contribution < 1.29 is 19.1 Å². The molecule has 0 bridgehead atoms. The quantitative estimate of drug-likeness (QED) is 0.801. The first-order chi connectivity index (χ1) is 10.0. The van der Waals surface area contributed by atoms with Crippen LogP contribution in [0.3, 0.4) is 0 Å². The van der Waals surface area contributed by atoms with Crippen LogP contribution >= 0.6 is 11.8 Å². The molecule has 2 heterocycles. The molecule has 1 aliphatic heterocycles. The van der Waals surface area contributed by atoms with Gasteiger partial charge in [-0.15, -0.1) is 11.8 Å². The van der Waals surface area contributed by atoms with Gasteiger partial charge >= 0.3 is 11.7 Å². The smallest absolute Gasteiger partial charge is 0.351 e. The number of hydrogen-bond acceptors (Lipinski definition) is 7. The summed E-state index contributed by atoms with van der Waals surface area (Å²) >= 11 is 1.26. The Morgan fingerprint density at radius 1 is 1.62 bits per heavy atom. The van der Waals surface area contributed by atoms with Gasteiger partial charge in [0.15, 0.2) is 0 Å². The molecule has 1 aliphatic rings. The summed E-state index contributed by atoms with van der Waals surface area (Å²) in [6.07, 6.45) is 0.884. The first-order valence-corrected chi connectivity index (χ1v) is 7.36. The van der Waals surface area contributed by atoms with E-state index in [4.69, 9.17) is 9.47 Å². The van der Waals surface area contributed by atoms with E-state index in [-0.39, 0.29) is 18.3 Å². The standard InChI is InChI=1S/C12H15N3O5S/c1-3-19-10(17)11-20-9(6-21-11)15-5-4-8(13-7(2)16)14-12(15)18/h4-5,9,11H,3,6H2,1-2H3,(H,13,14,16,18)/t9-,11+/m0/s1. The zero-order valence-electron chi connectivity index (χ0n) is 11.6. The monoisotopic (exact) mass is 313 g/mol. The van der Waals surface area contributed by atoms with E-state index in [1.165, 1.54) is 35.5 Å². The number of thioether (sulfide) groups is 1. The van der Waals surface area contributed by atoms with Crippen LogP contribution in [0.25, 0.3) is 0 Å². The second-order valence-corrected chi connectivity index (χ2v) is 5.29. The van der Waals surface area contributed by atoms with Gasteiger partial charge in [0, 0.05) is 18.9 Å². The number of esters is 1. The summed E-state index contributed by atoms with van der Waals surface area (Å²) in [5.41, 5.74) is -1.30. The third-order valence-electron chi connectivity index (χ3n) is 2.59. The molecule has 0 saturated carbocycles. The molecule has 0 radical (unpaired) electrons.